The van der Waals surface area contributed by atoms with Crippen LogP contribution in [0.25, 0.3) is 0 Å². The summed E-state index contributed by atoms with van der Waals surface area (Å²) < 4.78 is 0. The van der Waals surface area contributed by atoms with E-state index < -0.39 is 0 Å². The van der Waals surface area contributed by atoms with Crippen molar-refractivity contribution < 1.29 is 4.79 Å². The molecule has 1 N–H and O–H groups in total. The minimum Gasteiger partial charge on any atom is -0.294 e. The second-order valence-corrected chi connectivity index (χ2v) is 3.80. The number of amides is 1. The van der Waals surface area contributed by atoms with Crippen LogP contribution in [-0.2, 0) is 11.2 Å². The Labute approximate surface area is 104 Å². The number of carbonyl (C=O) groups is 1. The third-order valence-corrected chi connectivity index (χ3v) is 2.49. The van der Waals surface area contributed by atoms with Crippen molar-refractivity contribution in [1.29, 1.82) is 0 Å². The van der Waals surface area contributed by atoms with E-state index in [1.165, 1.54) is 0 Å². The fourth-order valence-electron chi connectivity index (χ4n) is 1.35. The number of halogens is 1. The van der Waals surface area contributed by atoms with E-state index in [1.54, 1.807) is 24.5 Å². The summed E-state index contributed by atoms with van der Waals surface area (Å²) in [5.41, 5.74) is 0.780. The zero-order valence-electron chi connectivity index (χ0n) is 8.93. The molecule has 0 aliphatic carbocycles. The van der Waals surface area contributed by atoms with E-state index in [-0.39, 0.29) is 12.3 Å². The number of hydrogen-bond acceptors (Lipinski definition) is 3. The molecule has 0 aliphatic heterocycles. The van der Waals surface area contributed by atoms with Gasteiger partial charge in [-0.25, -0.2) is 9.97 Å². The molecule has 0 saturated carbocycles. The first-order chi connectivity index (χ1) is 8.25. The number of nitrogens with zero attached hydrogens (tertiary/aromatic N) is 2. The van der Waals surface area contributed by atoms with Crippen molar-refractivity contribution in [1.82, 2.24) is 9.97 Å². The summed E-state index contributed by atoms with van der Waals surface area (Å²) in [4.78, 5) is 19.5. The summed E-state index contributed by atoms with van der Waals surface area (Å²) >= 11 is 5.96. The lowest BCUT2D eigenvalue weighted by molar-refractivity contribution is -0.115. The first kappa shape index (κ1) is 11.5. The average molecular weight is 248 g/mol. The quantitative estimate of drug-likeness (QED) is 0.906. The second-order valence-electron chi connectivity index (χ2n) is 3.39. The van der Waals surface area contributed by atoms with Crippen LogP contribution >= 0.6 is 11.6 Å². The summed E-state index contributed by atoms with van der Waals surface area (Å²) in [5.74, 6) is 0.105. The van der Waals surface area contributed by atoms with Gasteiger partial charge >= 0.3 is 0 Å². The van der Waals surface area contributed by atoms with Crippen molar-refractivity contribution in [2.75, 3.05) is 5.32 Å². The molecular formula is C12H10ClN3O. The molecule has 0 atom stereocenters. The van der Waals surface area contributed by atoms with Crippen molar-refractivity contribution in [2.24, 2.45) is 0 Å². The van der Waals surface area contributed by atoms with Crippen LogP contribution in [-0.4, -0.2) is 15.9 Å². The molecule has 0 bridgehead atoms. The van der Waals surface area contributed by atoms with Gasteiger partial charge in [-0.3, -0.25) is 10.1 Å². The molecule has 2 rings (SSSR count). The number of carbonyl (C=O) groups excluding carboxylic acids is 1. The first-order valence-electron chi connectivity index (χ1n) is 5.06. The molecule has 17 heavy (non-hydrogen) atoms. The van der Waals surface area contributed by atoms with Crippen molar-refractivity contribution in [3.05, 3.63) is 53.3 Å². The minimum absolute atomic E-state index is 0.190. The number of rotatable bonds is 3. The predicted octanol–water partition coefficient (Wildman–Crippen LogP) is 2.31. The summed E-state index contributed by atoms with van der Waals surface area (Å²) in [6.45, 7) is 0. The summed E-state index contributed by atoms with van der Waals surface area (Å²) in [7, 11) is 0. The molecule has 5 heteroatoms. The Hall–Kier alpha value is -1.94. The van der Waals surface area contributed by atoms with Gasteiger partial charge in [-0.05, 0) is 17.7 Å². The minimum atomic E-state index is -0.190. The molecule has 0 fully saturated rings. The number of hydrogen-bond donors (Lipinski definition) is 1. The van der Waals surface area contributed by atoms with E-state index in [0.29, 0.717) is 11.0 Å². The maximum Gasteiger partial charge on any atom is 0.231 e. The van der Waals surface area contributed by atoms with Gasteiger partial charge in [0.1, 0.15) is 0 Å². The highest BCUT2D eigenvalue weighted by atomic mass is 35.5. The van der Waals surface area contributed by atoms with E-state index >= 15 is 0 Å². The molecule has 1 aromatic heterocycles. The van der Waals surface area contributed by atoms with Gasteiger partial charge in [0.05, 0.1) is 6.42 Å². The third-order valence-electron chi connectivity index (χ3n) is 2.13. The van der Waals surface area contributed by atoms with Crippen molar-refractivity contribution >= 4 is 23.5 Å². The lowest BCUT2D eigenvalue weighted by Gasteiger charge is -2.04. The van der Waals surface area contributed by atoms with E-state index in [1.807, 2.05) is 18.2 Å². The molecule has 1 aromatic carbocycles. The van der Waals surface area contributed by atoms with E-state index in [9.17, 15) is 4.79 Å². The summed E-state index contributed by atoms with van der Waals surface area (Å²) in [6.07, 6.45) is 3.34. The SMILES string of the molecule is O=C(Cc1ccccc1Cl)Nc1ncccn1. The molecule has 0 aliphatic rings. The van der Waals surface area contributed by atoms with Crippen LogP contribution in [0.2, 0.25) is 5.02 Å². The zero-order chi connectivity index (χ0) is 12.1. The Balaban J connectivity index is 2.01. The molecule has 0 saturated heterocycles. The zero-order valence-corrected chi connectivity index (χ0v) is 9.69. The van der Waals surface area contributed by atoms with Crippen molar-refractivity contribution in [2.45, 2.75) is 6.42 Å². The highest BCUT2D eigenvalue weighted by Crippen LogP contribution is 2.15. The Bertz CT molecular complexity index is 516. The second kappa shape index (κ2) is 5.41. The highest BCUT2D eigenvalue weighted by Gasteiger charge is 2.07. The van der Waals surface area contributed by atoms with Gasteiger partial charge in [-0.1, -0.05) is 29.8 Å². The van der Waals surface area contributed by atoms with Crippen LogP contribution in [0, 0.1) is 0 Å². The van der Waals surface area contributed by atoms with Crippen LogP contribution in [0.5, 0.6) is 0 Å². The van der Waals surface area contributed by atoms with Crippen LogP contribution in [0.3, 0.4) is 0 Å². The van der Waals surface area contributed by atoms with Crippen molar-refractivity contribution in [3.63, 3.8) is 0 Å². The van der Waals surface area contributed by atoms with Gasteiger partial charge in [-0.2, -0.15) is 0 Å². The normalized spacial score (nSPS) is 9.94. The average Bonchev–Trinajstić information content (AvgIpc) is 2.33. The fraction of sp³-hybridized carbons (Fsp3) is 0.0833. The number of nitrogens with one attached hydrogen (secondary N) is 1. The maximum absolute atomic E-state index is 11.7. The number of benzene rings is 1. The van der Waals surface area contributed by atoms with Gasteiger partial charge in [0.15, 0.2) is 0 Å². The number of anilines is 1. The first-order valence-corrected chi connectivity index (χ1v) is 5.44. The Morgan fingerprint density at radius 1 is 1.18 bits per heavy atom. The molecule has 1 amide bonds. The highest BCUT2D eigenvalue weighted by molar-refractivity contribution is 6.31. The Morgan fingerprint density at radius 2 is 1.88 bits per heavy atom. The van der Waals surface area contributed by atoms with Gasteiger partial charge in [0.2, 0.25) is 11.9 Å². The monoisotopic (exact) mass is 247 g/mol. The standard InChI is InChI=1S/C12H10ClN3O/c13-10-5-2-1-4-9(10)8-11(17)16-12-14-6-3-7-15-12/h1-7H,8H2,(H,14,15,16,17). The lowest BCUT2D eigenvalue weighted by atomic mass is 10.1. The summed E-state index contributed by atoms with van der Waals surface area (Å²) in [5, 5.41) is 3.18. The number of aromatic nitrogens is 2. The molecule has 0 radical (unpaired) electrons. The van der Waals surface area contributed by atoms with E-state index in [0.717, 1.165) is 5.56 Å². The molecule has 4 nitrogen and oxygen atoms in total. The van der Waals surface area contributed by atoms with Gasteiger partial charge in [-0.15, -0.1) is 0 Å². The van der Waals surface area contributed by atoms with Crippen LogP contribution in [0.1, 0.15) is 5.56 Å². The van der Waals surface area contributed by atoms with Gasteiger partial charge in [0.25, 0.3) is 0 Å². The molecule has 0 unspecified atom stereocenters. The van der Waals surface area contributed by atoms with Crippen LogP contribution < -0.4 is 5.32 Å². The Kier molecular flexibility index (Phi) is 3.67. The smallest absolute Gasteiger partial charge is 0.231 e. The molecule has 0 spiro atoms. The van der Waals surface area contributed by atoms with E-state index in [2.05, 4.69) is 15.3 Å². The Morgan fingerprint density at radius 3 is 2.59 bits per heavy atom. The van der Waals surface area contributed by atoms with Gasteiger partial charge in [0, 0.05) is 17.4 Å². The van der Waals surface area contributed by atoms with Gasteiger partial charge < -0.3 is 0 Å². The molecule has 86 valence electrons. The third kappa shape index (κ3) is 3.26. The molecular weight excluding hydrogens is 238 g/mol. The molecule has 1 heterocycles. The van der Waals surface area contributed by atoms with Crippen LogP contribution in [0.15, 0.2) is 42.7 Å². The summed E-state index contributed by atoms with van der Waals surface area (Å²) in [6, 6.07) is 8.91. The topological polar surface area (TPSA) is 54.9 Å². The maximum atomic E-state index is 11.7. The fourth-order valence-corrected chi connectivity index (χ4v) is 1.55. The predicted molar refractivity (Wildman–Crippen MR) is 65.8 cm³/mol. The lowest BCUT2D eigenvalue weighted by Crippen LogP contribution is -2.16. The van der Waals surface area contributed by atoms with Crippen LogP contribution in [0.4, 0.5) is 5.95 Å². The largest absolute Gasteiger partial charge is 0.294 e. The van der Waals surface area contributed by atoms with Crippen molar-refractivity contribution in [3.8, 4) is 0 Å². The van der Waals surface area contributed by atoms with E-state index in [4.69, 9.17) is 11.6 Å². The molecule has 2 aromatic rings.